The topological polar surface area (TPSA) is 78.0 Å². The van der Waals surface area contributed by atoms with E-state index in [1.54, 1.807) is 60.7 Å². The number of rotatable bonds is 4. The predicted octanol–water partition coefficient (Wildman–Crippen LogP) is 5.30. The van der Waals surface area contributed by atoms with Crippen LogP contribution in [0.1, 0.15) is 0 Å². The molecular formula is C21H14Cl2FN3O2S. The molecule has 2 N–H and O–H groups in total. The summed E-state index contributed by atoms with van der Waals surface area (Å²) in [5.74, 6) is -0.534. The molecule has 9 heteroatoms. The van der Waals surface area contributed by atoms with Gasteiger partial charge in [0.1, 0.15) is 5.82 Å². The van der Waals surface area contributed by atoms with Crippen LogP contribution < -0.4 is 5.14 Å². The van der Waals surface area contributed by atoms with Crippen LogP contribution in [0, 0.1) is 5.82 Å². The minimum absolute atomic E-state index is 0.0266. The second-order valence-electron chi connectivity index (χ2n) is 6.42. The van der Waals surface area contributed by atoms with Crippen molar-refractivity contribution in [1.82, 2.24) is 9.55 Å². The van der Waals surface area contributed by atoms with Crippen molar-refractivity contribution in [3.8, 4) is 28.3 Å². The lowest BCUT2D eigenvalue weighted by atomic mass is 10.1. The van der Waals surface area contributed by atoms with E-state index < -0.39 is 20.9 Å². The number of nitrogens with zero attached hydrogens (tertiary/aromatic N) is 2. The molecule has 5 nitrogen and oxygen atoms in total. The Labute approximate surface area is 182 Å². The quantitative estimate of drug-likeness (QED) is 0.447. The Hall–Kier alpha value is -2.71. The molecule has 0 radical (unpaired) electrons. The molecule has 0 aliphatic rings. The Morgan fingerprint density at radius 2 is 1.57 bits per heavy atom. The normalized spacial score (nSPS) is 11.6. The van der Waals surface area contributed by atoms with Gasteiger partial charge in [-0.05, 0) is 24.3 Å². The molecule has 0 saturated carbocycles. The fraction of sp³-hybridized carbons (Fsp3) is 0. The minimum atomic E-state index is -4.27. The molecule has 0 bridgehead atoms. The van der Waals surface area contributed by atoms with Crippen LogP contribution in [0.4, 0.5) is 4.39 Å². The Balaban J connectivity index is 2.20. The zero-order valence-electron chi connectivity index (χ0n) is 15.3. The highest BCUT2D eigenvalue weighted by molar-refractivity contribution is 7.89. The summed E-state index contributed by atoms with van der Waals surface area (Å²) < 4.78 is 41.3. The van der Waals surface area contributed by atoms with E-state index in [0.29, 0.717) is 16.1 Å². The highest BCUT2D eigenvalue weighted by atomic mass is 35.5. The summed E-state index contributed by atoms with van der Waals surface area (Å²) in [5, 5.41) is 5.34. The maximum Gasteiger partial charge on any atom is 0.257 e. The van der Waals surface area contributed by atoms with E-state index in [1.807, 2.05) is 0 Å². The van der Waals surface area contributed by atoms with Gasteiger partial charge in [-0.25, -0.2) is 22.9 Å². The molecule has 0 aliphatic carbocycles. The molecular weight excluding hydrogens is 448 g/mol. The van der Waals surface area contributed by atoms with E-state index in [4.69, 9.17) is 28.3 Å². The summed E-state index contributed by atoms with van der Waals surface area (Å²) in [6, 6.07) is 19.7. The van der Waals surface area contributed by atoms with Crippen LogP contribution in [0.15, 0.2) is 77.8 Å². The number of nitrogens with two attached hydrogens (primary N) is 1. The molecule has 152 valence electrons. The first-order valence-electron chi connectivity index (χ1n) is 8.68. The van der Waals surface area contributed by atoms with Crippen molar-refractivity contribution in [3.05, 3.63) is 88.7 Å². The second kappa shape index (κ2) is 7.85. The smallest absolute Gasteiger partial charge is 0.257 e. The van der Waals surface area contributed by atoms with Crippen molar-refractivity contribution in [2.45, 2.75) is 5.03 Å². The SMILES string of the molecule is NS(=O)(=O)c1nc(-c2ccccc2)n(-c2cccc(Cl)c2F)c1-c1cccc(Cl)c1. The lowest BCUT2D eigenvalue weighted by molar-refractivity contribution is 0.595. The molecule has 4 rings (SSSR count). The van der Waals surface area contributed by atoms with Crippen molar-refractivity contribution < 1.29 is 12.8 Å². The first-order chi connectivity index (χ1) is 14.3. The van der Waals surface area contributed by atoms with Crippen LogP contribution >= 0.6 is 23.2 Å². The lowest BCUT2D eigenvalue weighted by Crippen LogP contribution is -2.14. The summed E-state index contributed by atoms with van der Waals surface area (Å²) in [5.41, 5.74) is 1.08. The lowest BCUT2D eigenvalue weighted by Gasteiger charge is -2.14. The molecule has 1 heterocycles. The Morgan fingerprint density at radius 3 is 2.23 bits per heavy atom. The zero-order valence-corrected chi connectivity index (χ0v) is 17.6. The number of primary sulfonamides is 1. The first-order valence-corrected chi connectivity index (χ1v) is 11.0. The van der Waals surface area contributed by atoms with Crippen molar-refractivity contribution in [2.24, 2.45) is 5.14 Å². The summed E-state index contributed by atoms with van der Waals surface area (Å²) in [6.07, 6.45) is 0. The van der Waals surface area contributed by atoms with Gasteiger partial charge in [-0.2, -0.15) is 0 Å². The molecule has 0 spiro atoms. The van der Waals surface area contributed by atoms with Crippen LogP contribution in [-0.4, -0.2) is 18.0 Å². The number of hydrogen-bond donors (Lipinski definition) is 1. The third-order valence-corrected chi connectivity index (χ3v) is 5.77. The number of hydrogen-bond acceptors (Lipinski definition) is 3. The maximum absolute atomic E-state index is 15.1. The Morgan fingerprint density at radius 1 is 0.900 bits per heavy atom. The average molecular weight is 462 g/mol. The zero-order chi connectivity index (χ0) is 21.5. The first kappa shape index (κ1) is 20.6. The van der Waals surface area contributed by atoms with Crippen molar-refractivity contribution in [2.75, 3.05) is 0 Å². The second-order valence-corrected chi connectivity index (χ2v) is 8.74. The van der Waals surface area contributed by atoms with E-state index >= 15 is 4.39 Å². The van der Waals surface area contributed by atoms with E-state index in [9.17, 15) is 8.42 Å². The van der Waals surface area contributed by atoms with E-state index in [1.165, 1.54) is 16.7 Å². The van der Waals surface area contributed by atoms with Gasteiger partial charge in [0.15, 0.2) is 10.8 Å². The van der Waals surface area contributed by atoms with Crippen LogP contribution in [-0.2, 0) is 10.0 Å². The summed E-state index contributed by atoms with van der Waals surface area (Å²) in [6.45, 7) is 0. The Kier molecular flexibility index (Phi) is 5.38. The molecule has 1 aromatic heterocycles. The highest BCUT2D eigenvalue weighted by Crippen LogP contribution is 2.37. The third kappa shape index (κ3) is 3.73. The van der Waals surface area contributed by atoms with Gasteiger partial charge in [-0.3, -0.25) is 4.57 Å². The van der Waals surface area contributed by atoms with Crippen LogP contribution in [0.25, 0.3) is 28.3 Å². The summed E-state index contributed by atoms with van der Waals surface area (Å²) in [4.78, 5) is 4.30. The summed E-state index contributed by atoms with van der Waals surface area (Å²) in [7, 11) is -4.27. The predicted molar refractivity (Wildman–Crippen MR) is 116 cm³/mol. The fourth-order valence-electron chi connectivity index (χ4n) is 3.17. The van der Waals surface area contributed by atoms with Gasteiger partial charge in [-0.1, -0.05) is 71.7 Å². The van der Waals surface area contributed by atoms with Gasteiger partial charge in [-0.15, -0.1) is 0 Å². The average Bonchev–Trinajstić information content (AvgIpc) is 3.12. The van der Waals surface area contributed by atoms with Gasteiger partial charge in [0, 0.05) is 16.1 Å². The molecule has 30 heavy (non-hydrogen) atoms. The standard InChI is InChI=1S/C21H14Cl2FN3O2S/c22-15-9-4-8-14(12-15)19-21(30(25,28)29)26-20(13-6-2-1-3-7-13)27(19)17-11-5-10-16(23)18(17)24/h1-12H,(H2,25,28,29). The van der Waals surface area contributed by atoms with Crippen molar-refractivity contribution in [1.29, 1.82) is 0 Å². The monoisotopic (exact) mass is 461 g/mol. The van der Waals surface area contributed by atoms with Gasteiger partial charge in [0.2, 0.25) is 0 Å². The van der Waals surface area contributed by atoms with E-state index in [-0.39, 0.29) is 22.2 Å². The van der Waals surface area contributed by atoms with Crippen molar-refractivity contribution in [3.63, 3.8) is 0 Å². The molecule has 0 unspecified atom stereocenters. The molecule has 0 atom stereocenters. The van der Waals surface area contributed by atoms with E-state index in [0.717, 1.165) is 0 Å². The molecule has 3 aromatic carbocycles. The van der Waals surface area contributed by atoms with Gasteiger partial charge in [0.25, 0.3) is 10.0 Å². The number of benzene rings is 3. The number of sulfonamides is 1. The molecule has 0 aliphatic heterocycles. The summed E-state index contributed by atoms with van der Waals surface area (Å²) >= 11 is 12.1. The van der Waals surface area contributed by atoms with Crippen LogP contribution in [0.3, 0.4) is 0 Å². The van der Waals surface area contributed by atoms with Crippen LogP contribution in [0.2, 0.25) is 10.0 Å². The van der Waals surface area contributed by atoms with Gasteiger partial charge < -0.3 is 0 Å². The number of aromatic nitrogens is 2. The Bertz CT molecular complexity index is 1360. The largest absolute Gasteiger partial charge is 0.288 e. The van der Waals surface area contributed by atoms with Gasteiger partial charge >= 0.3 is 0 Å². The number of imidazole rings is 1. The minimum Gasteiger partial charge on any atom is -0.288 e. The molecule has 0 fully saturated rings. The number of halogens is 3. The highest BCUT2D eigenvalue weighted by Gasteiger charge is 2.29. The maximum atomic E-state index is 15.1. The fourth-order valence-corrected chi connectivity index (χ4v) is 4.22. The molecule has 0 amide bonds. The third-order valence-electron chi connectivity index (χ3n) is 4.42. The molecule has 0 saturated heterocycles. The van der Waals surface area contributed by atoms with Crippen LogP contribution in [0.5, 0.6) is 0 Å². The molecule has 4 aromatic rings. The van der Waals surface area contributed by atoms with Crippen molar-refractivity contribution >= 4 is 33.2 Å². The van der Waals surface area contributed by atoms with Gasteiger partial charge in [0.05, 0.1) is 16.4 Å². The van der Waals surface area contributed by atoms with E-state index in [2.05, 4.69) is 4.98 Å².